The summed E-state index contributed by atoms with van der Waals surface area (Å²) < 4.78 is 0. The van der Waals surface area contributed by atoms with E-state index in [4.69, 9.17) is 0 Å². The number of fused-ring (bicyclic) bond motifs is 3. The summed E-state index contributed by atoms with van der Waals surface area (Å²) in [6.07, 6.45) is 1.99. The number of para-hydroxylation sites is 2. The summed E-state index contributed by atoms with van der Waals surface area (Å²) in [6.45, 7) is 13.3. The molecule has 0 saturated heterocycles. The van der Waals surface area contributed by atoms with E-state index in [0.29, 0.717) is 0 Å². The van der Waals surface area contributed by atoms with Gasteiger partial charge in [-0.25, -0.2) is 0 Å². The van der Waals surface area contributed by atoms with Crippen molar-refractivity contribution in [2.24, 2.45) is 0 Å². The lowest BCUT2D eigenvalue weighted by atomic mass is 9.64. The molecule has 1 aliphatic heterocycles. The summed E-state index contributed by atoms with van der Waals surface area (Å²) in [6, 6.07) is 30.1. The lowest BCUT2D eigenvalue weighted by Crippen LogP contribution is -2.38. The fourth-order valence-corrected chi connectivity index (χ4v) is 5.27. The molecule has 2 aliphatic rings. The predicted molar refractivity (Wildman–Crippen MR) is 127 cm³/mol. The van der Waals surface area contributed by atoms with Gasteiger partial charge >= 0.3 is 0 Å². The molecule has 0 saturated carbocycles. The molecule has 146 valence electrons. The Morgan fingerprint density at radius 2 is 1.40 bits per heavy atom. The van der Waals surface area contributed by atoms with Gasteiger partial charge in [0.25, 0.3) is 0 Å². The quantitative estimate of drug-likeness (QED) is 0.450. The van der Waals surface area contributed by atoms with Crippen molar-refractivity contribution in [3.63, 3.8) is 0 Å². The minimum Gasteiger partial charge on any atom is -0.310 e. The van der Waals surface area contributed by atoms with Crippen LogP contribution in [0.2, 0.25) is 0 Å². The third-order valence-electron chi connectivity index (χ3n) is 6.71. The highest BCUT2D eigenvalue weighted by Crippen LogP contribution is 2.61. The van der Waals surface area contributed by atoms with Crippen LogP contribution in [0, 0.1) is 0 Å². The smallest absolute Gasteiger partial charge is 0.0711 e. The van der Waals surface area contributed by atoms with Crippen LogP contribution < -0.4 is 4.90 Å². The molecule has 0 N–H and O–H groups in total. The third kappa shape index (κ3) is 2.23. The van der Waals surface area contributed by atoms with Crippen molar-refractivity contribution in [2.75, 3.05) is 4.90 Å². The maximum absolute atomic E-state index is 4.55. The Morgan fingerprint density at radius 3 is 2.07 bits per heavy atom. The molecule has 1 unspecified atom stereocenters. The highest BCUT2D eigenvalue weighted by atomic mass is 15.2. The average molecular weight is 388 g/mol. The molecule has 1 aliphatic carbocycles. The second kappa shape index (κ2) is 6.74. The van der Waals surface area contributed by atoms with Crippen molar-refractivity contribution in [3.05, 3.63) is 143 Å². The van der Waals surface area contributed by atoms with Gasteiger partial charge in [-0.3, -0.25) is 0 Å². The Hall–Kier alpha value is -3.58. The van der Waals surface area contributed by atoms with Gasteiger partial charge in [-0.1, -0.05) is 85.5 Å². The van der Waals surface area contributed by atoms with E-state index in [1.165, 1.54) is 33.5 Å². The lowest BCUT2D eigenvalue weighted by molar-refractivity contribution is 0.715. The number of anilines is 2. The van der Waals surface area contributed by atoms with Crippen LogP contribution in [-0.4, -0.2) is 0 Å². The van der Waals surface area contributed by atoms with E-state index in [-0.39, 0.29) is 5.41 Å². The van der Waals surface area contributed by atoms with Gasteiger partial charge in [0.2, 0.25) is 0 Å². The second-order valence-electron chi connectivity index (χ2n) is 8.00. The second-order valence-corrected chi connectivity index (χ2v) is 8.00. The minimum absolute atomic E-state index is 0.353. The molecule has 3 aromatic rings. The van der Waals surface area contributed by atoms with Crippen LogP contribution in [-0.2, 0) is 5.41 Å². The van der Waals surface area contributed by atoms with Crippen molar-refractivity contribution in [2.45, 2.75) is 19.3 Å². The van der Waals surface area contributed by atoms with Crippen LogP contribution in [0.5, 0.6) is 0 Å². The van der Waals surface area contributed by atoms with Gasteiger partial charge < -0.3 is 4.90 Å². The first-order chi connectivity index (χ1) is 14.6. The number of nitrogens with zero attached hydrogens (tertiary/aromatic N) is 1. The van der Waals surface area contributed by atoms with E-state index in [1.807, 2.05) is 6.08 Å². The number of hydrogen-bond donors (Lipinski definition) is 0. The van der Waals surface area contributed by atoms with Crippen LogP contribution in [0.1, 0.15) is 25.0 Å². The predicted octanol–water partition coefficient (Wildman–Crippen LogP) is 7.47. The van der Waals surface area contributed by atoms with Crippen molar-refractivity contribution in [1.82, 2.24) is 0 Å². The van der Waals surface area contributed by atoms with Gasteiger partial charge in [0.05, 0.1) is 16.8 Å². The Labute approximate surface area is 179 Å². The molecular formula is C29H25N. The molecular weight excluding hydrogens is 362 g/mol. The van der Waals surface area contributed by atoms with Crippen molar-refractivity contribution in [3.8, 4) is 0 Å². The molecule has 5 rings (SSSR count). The molecule has 0 aromatic heterocycles. The van der Waals surface area contributed by atoms with Gasteiger partial charge in [0.15, 0.2) is 0 Å². The number of rotatable bonds is 3. The van der Waals surface area contributed by atoms with Crippen LogP contribution in [0.3, 0.4) is 0 Å². The van der Waals surface area contributed by atoms with Crippen LogP contribution in [0.25, 0.3) is 0 Å². The van der Waals surface area contributed by atoms with E-state index >= 15 is 0 Å². The Bertz CT molecular complexity index is 1230. The molecule has 0 bridgehead atoms. The molecule has 1 heterocycles. The highest BCUT2D eigenvalue weighted by molar-refractivity contribution is 5.87. The number of benzene rings is 3. The van der Waals surface area contributed by atoms with Gasteiger partial charge in [0.1, 0.15) is 0 Å². The van der Waals surface area contributed by atoms with Crippen molar-refractivity contribution in [1.29, 1.82) is 0 Å². The monoisotopic (exact) mass is 387 g/mol. The fraction of sp³-hybridized carbons (Fsp3) is 0.103. The molecule has 0 radical (unpaired) electrons. The Balaban J connectivity index is 1.97. The van der Waals surface area contributed by atoms with E-state index in [1.54, 1.807) is 0 Å². The summed E-state index contributed by atoms with van der Waals surface area (Å²) in [5.74, 6) is 0. The highest BCUT2D eigenvalue weighted by Gasteiger charge is 2.52. The van der Waals surface area contributed by atoms with Crippen LogP contribution in [0.15, 0.2) is 132 Å². The summed E-state index contributed by atoms with van der Waals surface area (Å²) in [4.78, 5) is 2.33. The van der Waals surface area contributed by atoms with Gasteiger partial charge in [0, 0.05) is 11.3 Å². The van der Waals surface area contributed by atoms with Gasteiger partial charge in [-0.05, 0) is 60.4 Å². The largest absolute Gasteiger partial charge is 0.310 e. The first-order valence-corrected chi connectivity index (χ1v) is 10.4. The summed E-state index contributed by atoms with van der Waals surface area (Å²) >= 11 is 0. The van der Waals surface area contributed by atoms with E-state index < -0.39 is 0 Å². The van der Waals surface area contributed by atoms with Crippen LogP contribution >= 0.6 is 0 Å². The zero-order valence-corrected chi connectivity index (χ0v) is 17.5. The zero-order valence-electron chi connectivity index (χ0n) is 17.5. The topological polar surface area (TPSA) is 3.24 Å². The number of allylic oxidation sites excluding steroid dienone is 5. The molecule has 30 heavy (non-hydrogen) atoms. The fourth-order valence-electron chi connectivity index (χ4n) is 5.27. The molecule has 1 atom stereocenters. The van der Waals surface area contributed by atoms with E-state index in [0.717, 1.165) is 17.0 Å². The summed E-state index contributed by atoms with van der Waals surface area (Å²) in [5, 5.41) is 0. The third-order valence-corrected chi connectivity index (χ3v) is 6.71. The van der Waals surface area contributed by atoms with E-state index in [9.17, 15) is 0 Å². The first kappa shape index (κ1) is 18.4. The minimum atomic E-state index is -0.353. The number of hydrogen-bond acceptors (Lipinski definition) is 1. The summed E-state index contributed by atoms with van der Waals surface area (Å²) in [5.41, 5.74) is 10.6. The van der Waals surface area contributed by atoms with Gasteiger partial charge in [-0.15, -0.1) is 0 Å². The van der Waals surface area contributed by atoms with E-state index in [2.05, 4.69) is 117 Å². The zero-order chi connectivity index (χ0) is 20.9. The molecule has 1 nitrogen and oxygen atoms in total. The van der Waals surface area contributed by atoms with Gasteiger partial charge in [-0.2, -0.15) is 0 Å². The SMILES string of the molecule is C=CC1=C2C(=C)C(C)=C(C)C2(c2ccccc2)c2ccccc2N1c1ccccc1. The van der Waals surface area contributed by atoms with Crippen molar-refractivity contribution < 1.29 is 0 Å². The lowest BCUT2D eigenvalue weighted by Gasteiger charge is -2.45. The molecule has 0 spiro atoms. The molecule has 3 aromatic carbocycles. The molecule has 1 heteroatoms. The van der Waals surface area contributed by atoms with Crippen LogP contribution in [0.4, 0.5) is 11.4 Å². The maximum Gasteiger partial charge on any atom is 0.0711 e. The summed E-state index contributed by atoms with van der Waals surface area (Å²) in [7, 11) is 0. The maximum atomic E-state index is 4.55. The Morgan fingerprint density at radius 1 is 0.800 bits per heavy atom. The average Bonchev–Trinajstić information content (AvgIpc) is 3.01. The first-order valence-electron chi connectivity index (χ1n) is 10.4. The Kier molecular flexibility index (Phi) is 4.15. The van der Waals surface area contributed by atoms with Crippen molar-refractivity contribution >= 4 is 11.4 Å². The normalized spacial score (nSPS) is 20.3. The molecule has 0 amide bonds. The standard InChI is InChI=1S/C29H25N/c1-5-26-28-21(3)20(2)22(4)29(28,23-14-8-6-9-15-23)25-18-12-13-19-27(25)30(26)24-16-10-7-11-17-24/h5-19H,1,3H2,2,4H3. The molecule has 0 fully saturated rings.